The topological polar surface area (TPSA) is 66.4 Å². The van der Waals surface area contributed by atoms with E-state index in [1.807, 2.05) is 0 Å². The van der Waals surface area contributed by atoms with E-state index in [4.69, 9.17) is 16.7 Å². The van der Waals surface area contributed by atoms with Gasteiger partial charge in [-0.1, -0.05) is 29.8 Å². The van der Waals surface area contributed by atoms with E-state index in [1.54, 1.807) is 24.3 Å². The van der Waals surface area contributed by atoms with Crippen molar-refractivity contribution >= 4 is 24.0 Å². The first-order valence-corrected chi connectivity index (χ1v) is 4.60. The molecular weight excluding hydrogens is 218 g/mol. The molecule has 0 aliphatic carbocycles. The first kappa shape index (κ1) is 11.5. The highest BCUT2D eigenvalue weighted by molar-refractivity contribution is 6.31. The van der Waals surface area contributed by atoms with Crippen LogP contribution in [0.5, 0.6) is 0 Å². The van der Waals surface area contributed by atoms with Crippen molar-refractivity contribution < 1.29 is 14.7 Å². The molecular formula is C10H10ClNO3. The van der Waals surface area contributed by atoms with Crippen LogP contribution in [0.2, 0.25) is 5.02 Å². The van der Waals surface area contributed by atoms with Gasteiger partial charge >= 0.3 is 5.97 Å². The van der Waals surface area contributed by atoms with E-state index in [0.29, 0.717) is 17.0 Å². The van der Waals surface area contributed by atoms with Crippen molar-refractivity contribution in [2.24, 2.45) is 0 Å². The van der Waals surface area contributed by atoms with E-state index in [1.165, 1.54) is 6.92 Å². The van der Waals surface area contributed by atoms with Crippen LogP contribution >= 0.6 is 11.6 Å². The summed E-state index contributed by atoms with van der Waals surface area (Å²) in [7, 11) is 0. The Morgan fingerprint density at radius 3 is 2.60 bits per heavy atom. The zero-order valence-corrected chi connectivity index (χ0v) is 8.78. The minimum atomic E-state index is -1.50. The lowest BCUT2D eigenvalue weighted by molar-refractivity contribution is -0.145. The van der Waals surface area contributed by atoms with Gasteiger partial charge in [0.1, 0.15) is 0 Å². The van der Waals surface area contributed by atoms with Crippen LogP contribution in [0.1, 0.15) is 12.5 Å². The van der Waals surface area contributed by atoms with Crippen molar-refractivity contribution in [2.45, 2.75) is 12.5 Å². The van der Waals surface area contributed by atoms with Crippen molar-refractivity contribution in [1.29, 1.82) is 0 Å². The second-order valence-corrected chi connectivity index (χ2v) is 3.58. The summed E-state index contributed by atoms with van der Waals surface area (Å²) in [5.74, 6) is -1.16. The average Bonchev–Trinajstić information content (AvgIpc) is 2.18. The fourth-order valence-electron chi connectivity index (χ4n) is 1.24. The van der Waals surface area contributed by atoms with Gasteiger partial charge in [0.15, 0.2) is 5.54 Å². The van der Waals surface area contributed by atoms with Crippen molar-refractivity contribution in [2.75, 3.05) is 0 Å². The predicted molar refractivity (Wildman–Crippen MR) is 55.6 cm³/mol. The number of carboxylic acids is 1. The third-order valence-electron chi connectivity index (χ3n) is 2.19. The summed E-state index contributed by atoms with van der Waals surface area (Å²) >= 11 is 5.87. The number of carbonyl (C=O) groups excluding carboxylic acids is 1. The first-order valence-electron chi connectivity index (χ1n) is 4.22. The first-order chi connectivity index (χ1) is 7.02. The van der Waals surface area contributed by atoms with Gasteiger partial charge < -0.3 is 10.4 Å². The largest absolute Gasteiger partial charge is 0.479 e. The highest BCUT2D eigenvalue weighted by atomic mass is 35.5. The van der Waals surface area contributed by atoms with E-state index >= 15 is 0 Å². The number of benzene rings is 1. The van der Waals surface area contributed by atoms with Crippen molar-refractivity contribution in [3.63, 3.8) is 0 Å². The molecule has 1 aromatic rings. The zero-order valence-electron chi connectivity index (χ0n) is 8.03. The maximum atomic E-state index is 11.1. The molecule has 0 radical (unpaired) electrons. The van der Waals surface area contributed by atoms with Gasteiger partial charge in [0, 0.05) is 10.6 Å². The van der Waals surface area contributed by atoms with Crippen molar-refractivity contribution in [3.05, 3.63) is 34.9 Å². The summed E-state index contributed by atoms with van der Waals surface area (Å²) < 4.78 is 0. The fraction of sp³-hybridized carbons (Fsp3) is 0.200. The number of rotatable bonds is 4. The Kier molecular flexibility index (Phi) is 3.31. The Morgan fingerprint density at radius 2 is 2.13 bits per heavy atom. The Hall–Kier alpha value is -1.55. The van der Waals surface area contributed by atoms with Gasteiger partial charge in [-0.2, -0.15) is 0 Å². The van der Waals surface area contributed by atoms with Crippen LogP contribution in [-0.4, -0.2) is 17.5 Å². The maximum Gasteiger partial charge on any atom is 0.333 e. The zero-order chi connectivity index (χ0) is 11.5. The molecule has 0 aliphatic rings. The standard InChI is InChI=1S/C10H10ClNO3/c1-10(9(14)15,12-6-13)7-4-2-3-5-8(7)11/h2-6H,1H3,(H,12,13)(H,14,15). The minimum absolute atomic E-state index is 0.303. The number of carbonyl (C=O) groups is 2. The van der Waals surface area contributed by atoms with Crippen LogP contribution in [0.25, 0.3) is 0 Å². The van der Waals surface area contributed by atoms with Gasteiger partial charge in [-0.25, -0.2) is 4.79 Å². The van der Waals surface area contributed by atoms with Crippen LogP contribution in [0.4, 0.5) is 0 Å². The highest BCUT2D eigenvalue weighted by Crippen LogP contribution is 2.27. The number of nitrogens with one attached hydrogen (secondary N) is 1. The lowest BCUT2D eigenvalue weighted by atomic mass is 9.92. The predicted octanol–water partition coefficient (Wildman–Crippen LogP) is 1.39. The maximum absolute atomic E-state index is 11.1. The Bertz CT molecular complexity index is 394. The van der Waals surface area contributed by atoms with E-state index < -0.39 is 11.5 Å². The molecule has 0 saturated heterocycles. The molecule has 15 heavy (non-hydrogen) atoms. The number of halogens is 1. The van der Waals surface area contributed by atoms with Gasteiger partial charge in [-0.3, -0.25) is 4.79 Å². The molecule has 2 N–H and O–H groups in total. The van der Waals surface area contributed by atoms with Gasteiger partial charge in [0.25, 0.3) is 0 Å². The van der Waals surface area contributed by atoms with Crippen LogP contribution in [0.3, 0.4) is 0 Å². The van der Waals surface area contributed by atoms with Crippen LogP contribution in [-0.2, 0) is 15.1 Å². The molecule has 80 valence electrons. The molecule has 0 fully saturated rings. The molecule has 0 bridgehead atoms. The molecule has 5 heteroatoms. The number of carboxylic acid groups (broad SMARTS) is 1. The third kappa shape index (κ3) is 2.10. The highest BCUT2D eigenvalue weighted by Gasteiger charge is 2.36. The summed E-state index contributed by atoms with van der Waals surface area (Å²) in [5, 5.41) is 11.6. The number of aliphatic carboxylic acids is 1. The Morgan fingerprint density at radius 1 is 1.53 bits per heavy atom. The Balaban J connectivity index is 3.27. The smallest absolute Gasteiger partial charge is 0.333 e. The van der Waals surface area contributed by atoms with Crippen molar-refractivity contribution in [3.8, 4) is 0 Å². The number of amides is 1. The third-order valence-corrected chi connectivity index (χ3v) is 2.52. The summed E-state index contributed by atoms with van der Waals surface area (Å²) in [6.07, 6.45) is 0.345. The number of hydrogen-bond acceptors (Lipinski definition) is 2. The van der Waals surface area contributed by atoms with Gasteiger partial charge in [0.2, 0.25) is 6.41 Å². The fourth-order valence-corrected chi connectivity index (χ4v) is 1.56. The van der Waals surface area contributed by atoms with Crippen LogP contribution < -0.4 is 5.32 Å². The molecule has 0 saturated carbocycles. The molecule has 1 atom stereocenters. The number of hydrogen-bond donors (Lipinski definition) is 2. The molecule has 1 rings (SSSR count). The van der Waals surface area contributed by atoms with Gasteiger partial charge in [0.05, 0.1) is 0 Å². The average molecular weight is 228 g/mol. The van der Waals surface area contributed by atoms with E-state index in [-0.39, 0.29) is 0 Å². The minimum Gasteiger partial charge on any atom is -0.479 e. The Labute approximate surface area is 91.9 Å². The van der Waals surface area contributed by atoms with Gasteiger partial charge in [-0.05, 0) is 13.0 Å². The molecule has 0 aliphatic heterocycles. The molecule has 0 heterocycles. The molecule has 0 aromatic heterocycles. The molecule has 1 amide bonds. The lowest BCUT2D eigenvalue weighted by Crippen LogP contribution is -2.46. The quantitative estimate of drug-likeness (QED) is 0.764. The molecule has 1 aromatic carbocycles. The van der Waals surface area contributed by atoms with Crippen molar-refractivity contribution in [1.82, 2.24) is 5.32 Å². The van der Waals surface area contributed by atoms with Crippen LogP contribution in [0.15, 0.2) is 24.3 Å². The van der Waals surface area contributed by atoms with Crippen LogP contribution in [0, 0.1) is 0 Å². The molecule has 1 unspecified atom stereocenters. The monoisotopic (exact) mass is 227 g/mol. The van der Waals surface area contributed by atoms with E-state index in [2.05, 4.69) is 5.32 Å². The van der Waals surface area contributed by atoms with Gasteiger partial charge in [-0.15, -0.1) is 0 Å². The summed E-state index contributed by atoms with van der Waals surface area (Å²) in [5.41, 5.74) is -1.15. The molecule has 4 nitrogen and oxygen atoms in total. The van der Waals surface area contributed by atoms with E-state index in [9.17, 15) is 9.59 Å². The lowest BCUT2D eigenvalue weighted by Gasteiger charge is -2.25. The summed E-state index contributed by atoms with van der Waals surface area (Å²) in [6, 6.07) is 6.49. The normalized spacial score (nSPS) is 14.0. The summed E-state index contributed by atoms with van der Waals surface area (Å²) in [6.45, 7) is 1.38. The second kappa shape index (κ2) is 4.31. The summed E-state index contributed by atoms with van der Waals surface area (Å²) in [4.78, 5) is 21.5. The SMILES string of the molecule is CC(NC=O)(C(=O)O)c1ccccc1Cl. The second-order valence-electron chi connectivity index (χ2n) is 3.17. The van der Waals surface area contributed by atoms with E-state index in [0.717, 1.165) is 0 Å². The molecule has 0 spiro atoms.